The zero-order chi connectivity index (χ0) is 15.5. The van der Waals surface area contributed by atoms with Crippen LogP contribution >= 0.6 is 0 Å². The molecule has 2 heterocycles. The monoisotopic (exact) mass is 306 g/mol. The molecule has 21 heavy (non-hydrogen) atoms. The van der Waals surface area contributed by atoms with Gasteiger partial charge < -0.3 is 14.6 Å². The molecule has 1 aromatic heterocycles. The van der Waals surface area contributed by atoms with Gasteiger partial charge in [-0.25, -0.2) is 4.79 Å². The Kier molecular flexibility index (Phi) is 4.89. The summed E-state index contributed by atoms with van der Waals surface area (Å²) in [5.41, 5.74) is 0.244. The van der Waals surface area contributed by atoms with Crippen molar-refractivity contribution in [2.75, 3.05) is 26.2 Å². The Morgan fingerprint density at radius 2 is 2.05 bits per heavy atom. The number of rotatable bonds is 5. The van der Waals surface area contributed by atoms with Crippen molar-refractivity contribution in [1.82, 2.24) is 9.47 Å². The number of piperidine rings is 1. The second-order valence-electron chi connectivity index (χ2n) is 4.97. The lowest BCUT2D eigenvalue weighted by atomic mass is 10.0. The molecule has 5 nitrogen and oxygen atoms in total. The van der Waals surface area contributed by atoms with Crippen LogP contribution in [0.25, 0.3) is 0 Å². The predicted molar refractivity (Wildman–Crippen MR) is 68.1 cm³/mol. The van der Waals surface area contributed by atoms with E-state index in [1.54, 1.807) is 22.9 Å². The van der Waals surface area contributed by atoms with Gasteiger partial charge in [-0.2, -0.15) is 0 Å². The summed E-state index contributed by atoms with van der Waals surface area (Å²) < 4.78 is 41.1. The van der Waals surface area contributed by atoms with E-state index in [9.17, 15) is 18.0 Å². The molecule has 118 valence electrons. The lowest BCUT2D eigenvalue weighted by Crippen LogP contribution is -2.37. The van der Waals surface area contributed by atoms with E-state index in [0.29, 0.717) is 25.9 Å². The van der Waals surface area contributed by atoms with Crippen molar-refractivity contribution in [2.24, 2.45) is 0 Å². The van der Waals surface area contributed by atoms with Crippen molar-refractivity contribution in [3.63, 3.8) is 0 Å². The summed E-state index contributed by atoms with van der Waals surface area (Å²) in [5, 5.41) is 9.08. The molecule has 8 heteroatoms. The molecule has 2 rings (SSSR count). The minimum absolute atomic E-state index is 0.0749. The highest BCUT2D eigenvalue weighted by Crippen LogP contribution is 2.24. The van der Waals surface area contributed by atoms with Crippen LogP contribution in [0.2, 0.25) is 0 Å². The van der Waals surface area contributed by atoms with Crippen molar-refractivity contribution in [1.29, 1.82) is 0 Å². The Labute approximate surface area is 119 Å². The fourth-order valence-corrected chi connectivity index (χ4v) is 2.60. The van der Waals surface area contributed by atoms with E-state index in [4.69, 9.17) is 5.11 Å². The van der Waals surface area contributed by atoms with Gasteiger partial charge in [-0.3, -0.25) is 4.74 Å². The van der Waals surface area contributed by atoms with Crippen LogP contribution in [0.4, 0.5) is 13.2 Å². The van der Waals surface area contributed by atoms with Crippen LogP contribution in [-0.4, -0.2) is 53.1 Å². The maximum Gasteiger partial charge on any atom is 0.522 e. The molecule has 0 aromatic carbocycles. The summed E-state index contributed by atoms with van der Waals surface area (Å²) in [6, 6.07) is 3.31. The third-order valence-electron chi connectivity index (χ3n) is 3.62. The van der Waals surface area contributed by atoms with Crippen LogP contribution in [-0.2, 0) is 4.74 Å². The average molecular weight is 306 g/mol. The Balaban J connectivity index is 1.80. The molecule has 0 spiro atoms. The van der Waals surface area contributed by atoms with E-state index in [-0.39, 0.29) is 24.9 Å². The molecule has 0 amide bonds. The summed E-state index contributed by atoms with van der Waals surface area (Å²) >= 11 is 0. The molecule has 0 unspecified atom stereocenters. The number of aromatic nitrogens is 1. The first-order valence-corrected chi connectivity index (χ1v) is 6.70. The number of carboxylic acids is 1. The van der Waals surface area contributed by atoms with Gasteiger partial charge in [0.05, 0.1) is 6.61 Å². The molecule has 0 aliphatic carbocycles. The molecule has 1 fully saturated rings. The molecule has 0 bridgehead atoms. The van der Waals surface area contributed by atoms with Crippen molar-refractivity contribution in [3.05, 3.63) is 24.0 Å². The van der Waals surface area contributed by atoms with Crippen LogP contribution in [0.3, 0.4) is 0 Å². The van der Waals surface area contributed by atoms with Crippen LogP contribution < -0.4 is 0 Å². The van der Waals surface area contributed by atoms with Gasteiger partial charge in [-0.1, -0.05) is 0 Å². The van der Waals surface area contributed by atoms with Crippen molar-refractivity contribution >= 4 is 5.97 Å². The predicted octanol–water partition coefficient (Wildman–Crippen LogP) is 2.36. The zero-order valence-corrected chi connectivity index (χ0v) is 11.3. The van der Waals surface area contributed by atoms with E-state index < -0.39 is 12.3 Å². The Hall–Kier alpha value is -1.54. The highest BCUT2D eigenvalue weighted by molar-refractivity contribution is 5.85. The summed E-state index contributed by atoms with van der Waals surface area (Å²) in [6.07, 6.45) is -1.43. The van der Waals surface area contributed by atoms with Gasteiger partial charge in [0.2, 0.25) is 0 Å². The van der Waals surface area contributed by atoms with Gasteiger partial charge in [0.15, 0.2) is 0 Å². The maximum atomic E-state index is 11.9. The SMILES string of the molecule is O=C(O)c1cccn1C1CCN(CCOC(F)(F)F)CC1. The van der Waals surface area contributed by atoms with Gasteiger partial charge in [-0.15, -0.1) is 13.2 Å². The van der Waals surface area contributed by atoms with Crippen molar-refractivity contribution in [2.45, 2.75) is 25.2 Å². The first-order chi connectivity index (χ1) is 9.87. The summed E-state index contributed by atoms with van der Waals surface area (Å²) in [5.74, 6) is -0.971. The third kappa shape index (κ3) is 4.47. The van der Waals surface area contributed by atoms with Crippen LogP contribution in [0.5, 0.6) is 0 Å². The number of carbonyl (C=O) groups is 1. The molecule has 0 saturated carbocycles. The van der Waals surface area contributed by atoms with Crippen LogP contribution in [0.1, 0.15) is 29.4 Å². The molecule has 1 saturated heterocycles. The first-order valence-electron chi connectivity index (χ1n) is 6.70. The minimum Gasteiger partial charge on any atom is -0.477 e. The second-order valence-corrected chi connectivity index (χ2v) is 4.97. The highest BCUT2D eigenvalue weighted by Gasteiger charge is 2.29. The first kappa shape index (κ1) is 15.8. The average Bonchev–Trinajstić information content (AvgIpc) is 2.87. The largest absolute Gasteiger partial charge is 0.522 e. The molecule has 1 aliphatic rings. The van der Waals surface area contributed by atoms with Gasteiger partial charge in [0, 0.05) is 31.9 Å². The van der Waals surface area contributed by atoms with Gasteiger partial charge in [0.25, 0.3) is 0 Å². The molecule has 0 atom stereocenters. The number of likely N-dealkylation sites (tertiary alicyclic amines) is 1. The van der Waals surface area contributed by atoms with E-state index in [1.807, 2.05) is 4.90 Å². The minimum atomic E-state index is -4.58. The molecule has 1 N–H and O–H groups in total. The summed E-state index contributed by atoms with van der Waals surface area (Å²) in [7, 11) is 0. The lowest BCUT2D eigenvalue weighted by Gasteiger charge is -2.33. The van der Waals surface area contributed by atoms with E-state index in [1.165, 1.54) is 0 Å². The maximum absolute atomic E-state index is 11.9. The lowest BCUT2D eigenvalue weighted by molar-refractivity contribution is -0.325. The zero-order valence-electron chi connectivity index (χ0n) is 11.3. The van der Waals surface area contributed by atoms with E-state index in [2.05, 4.69) is 4.74 Å². The number of hydrogen-bond acceptors (Lipinski definition) is 3. The number of nitrogens with zero attached hydrogens (tertiary/aromatic N) is 2. The van der Waals surface area contributed by atoms with E-state index >= 15 is 0 Å². The smallest absolute Gasteiger partial charge is 0.477 e. The standard InChI is InChI=1S/C13H17F3N2O3/c14-13(15,16)21-9-8-17-6-3-10(4-7-17)18-5-1-2-11(18)12(19)20/h1-2,5,10H,3-4,6-9H2,(H,19,20). The number of halogens is 3. The number of aromatic carboxylic acids is 1. The number of alkyl halides is 3. The number of carboxylic acid groups (broad SMARTS) is 1. The van der Waals surface area contributed by atoms with Crippen molar-refractivity contribution in [3.8, 4) is 0 Å². The number of hydrogen-bond donors (Lipinski definition) is 1. The second kappa shape index (κ2) is 6.48. The quantitative estimate of drug-likeness (QED) is 0.907. The van der Waals surface area contributed by atoms with Crippen molar-refractivity contribution < 1.29 is 27.8 Å². The Morgan fingerprint density at radius 3 is 2.62 bits per heavy atom. The molecular weight excluding hydrogens is 289 g/mol. The Morgan fingerprint density at radius 1 is 1.38 bits per heavy atom. The summed E-state index contributed by atoms with van der Waals surface area (Å²) in [4.78, 5) is 13.0. The third-order valence-corrected chi connectivity index (χ3v) is 3.62. The molecular formula is C13H17F3N2O3. The van der Waals surface area contributed by atoms with Crippen LogP contribution in [0.15, 0.2) is 18.3 Å². The topological polar surface area (TPSA) is 54.7 Å². The molecule has 1 aliphatic heterocycles. The number of ether oxygens (including phenoxy) is 1. The molecule has 1 aromatic rings. The van der Waals surface area contributed by atoms with Crippen LogP contribution in [0, 0.1) is 0 Å². The van der Waals surface area contributed by atoms with E-state index in [0.717, 1.165) is 0 Å². The fourth-order valence-electron chi connectivity index (χ4n) is 2.60. The van der Waals surface area contributed by atoms with Gasteiger partial charge in [-0.05, 0) is 25.0 Å². The Bertz CT molecular complexity index is 479. The summed E-state index contributed by atoms with van der Waals surface area (Å²) in [6.45, 7) is 1.11. The normalized spacial score (nSPS) is 18.0. The van der Waals surface area contributed by atoms with Gasteiger partial charge >= 0.3 is 12.3 Å². The highest BCUT2D eigenvalue weighted by atomic mass is 19.4. The molecule has 0 radical (unpaired) electrons. The fraction of sp³-hybridized carbons (Fsp3) is 0.615. The van der Waals surface area contributed by atoms with Gasteiger partial charge in [0.1, 0.15) is 5.69 Å².